The number of aliphatic carboxylic acids is 1. The summed E-state index contributed by atoms with van der Waals surface area (Å²) in [6.07, 6.45) is 1.37. The summed E-state index contributed by atoms with van der Waals surface area (Å²) < 4.78 is 0. The Balaban J connectivity index is 2.50. The zero-order valence-corrected chi connectivity index (χ0v) is 12.8. The molecule has 0 bridgehead atoms. The first-order valence-corrected chi connectivity index (χ1v) is 7.01. The summed E-state index contributed by atoms with van der Waals surface area (Å²) in [5, 5.41) is 21.1. The van der Waals surface area contributed by atoms with Crippen LogP contribution in [0.1, 0.15) is 49.0 Å². The summed E-state index contributed by atoms with van der Waals surface area (Å²) in [5.74, 6) is -1.16. The molecule has 0 radical (unpaired) electrons. The highest BCUT2D eigenvalue weighted by atomic mass is 16.4. The van der Waals surface area contributed by atoms with Gasteiger partial charge >= 0.3 is 5.97 Å². The molecule has 0 aliphatic heterocycles. The molecule has 3 N–H and O–H groups in total. The van der Waals surface area contributed by atoms with E-state index >= 15 is 0 Å². The summed E-state index contributed by atoms with van der Waals surface area (Å²) in [5.41, 5.74) is 1.01. The number of phenols is 1. The van der Waals surface area contributed by atoms with E-state index in [1.165, 1.54) is 6.07 Å². The Morgan fingerprint density at radius 1 is 1.24 bits per heavy atom. The lowest BCUT2D eigenvalue weighted by atomic mass is 9.84. The molecule has 0 aromatic heterocycles. The van der Waals surface area contributed by atoms with E-state index in [1.54, 1.807) is 12.1 Å². The molecule has 5 nitrogen and oxygen atoms in total. The van der Waals surface area contributed by atoms with Gasteiger partial charge in [-0.05, 0) is 37.3 Å². The summed E-state index contributed by atoms with van der Waals surface area (Å²) >= 11 is 0. The van der Waals surface area contributed by atoms with Crippen LogP contribution >= 0.6 is 0 Å². The van der Waals surface area contributed by atoms with Gasteiger partial charge in [-0.2, -0.15) is 0 Å². The molecule has 1 rings (SSSR count). The molecule has 1 aromatic rings. The minimum atomic E-state index is -0.809. The van der Waals surface area contributed by atoms with Crippen LogP contribution in [0, 0.1) is 12.3 Å². The van der Waals surface area contributed by atoms with E-state index in [0.717, 1.165) is 5.56 Å². The molecule has 0 saturated heterocycles. The quantitative estimate of drug-likeness (QED) is 0.721. The minimum Gasteiger partial charge on any atom is -0.507 e. The molecule has 0 aliphatic rings. The van der Waals surface area contributed by atoms with Crippen LogP contribution in [0.25, 0.3) is 0 Å². The third-order valence-electron chi connectivity index (χ3n) is 3.50. The third-order valence-corrected chi connectivity index (χ3v) is 3.50. The van der Waals surface area contributed by atoms with Crippen molar-refractivity contribution in [1.29, 1.82) is 0 Å². The smallest absolute Gasteiger partial charge is 0.303 e. The van der Waals surface area contributed by atoms with Crippen LogP contribution < -0.4 is 5.32 Å². The fourth-order valence-corrected chi connectivity index (χ4v) is 2.01. The molecule has 116 valence electrons. The molecule has 0 heterocycles. The van der Waals surface area contributed by atoms with Crippen molar-refractivity contribution in [2.45, 2.75) is 40.0 Å². The first-order chi connectivity index (χ1) is 9.71. The van der Waals surface area contributed by atoms with Crippen LogP contribution in [0.2, 0.25) is 0 Å². The molecule has 21 heavy (non-hydrogen) atoms. The molecular formula is C16H23NO4. The van der Waals surface area contributed by atoms with Gasteiger partial charge in [-0.1, -0.05) is 25.5 Å². The normalized spacial score (nSPS) is 11.2. The van der Waals surface area contributed by atoms with Crippen LogP contribution in [0.15, 0.2) is 18.2 Å². The fraction of sp³-hybridized carbons (Fsp3) is 0.500. The molecule has 0 saturated carbocycles. The molecule has 0 unspecified atom stereocenters. The number of rotatable bonds is 7. The molecule has 0 spiro atoms. The molecule has 0 atom stereocenters. The van der Waals surface area contributed by atoms with E-state index in [4.69, 9.17) is 5.11 Å². The lowest BCUT2D eigenvalue weighted by molar-refractivity contribution is -0.137. The fourth-order valence-electron chi connectivity index (χ4n) is 2.01. The number of nitrogens with one attached hydrogen (secondary N) is 1. The maximum Gasteiger partial charge on any atom is 0.303 e. The van der Waals surface area contributed by atoms with E-state index in [0.29, 0.717) is 19.4 Å². The number of hydrogen-bond donors (Lipinski definition) is 3. The summed E-state index contributed by atoms with van der Waals surface area (Å²) in [6, 6.07) is 4.88. The number of aryl methyl sites for hydroxylation is 1. The molecule has 5 heteroatoms. The van der Waals surface area contributed by atoms with E-state index in [-0.39, 0.29) is 29.1 Å². The molecular weight excluding hydrogens is 270 g/mol. The van der Waals surface area contributed by atoms with Crippen molar-refractivity contribution < 1.29 is 19.8 Å². The van der Waals surface area contributed by atoms with Crippen molar-refractivity contribution >= 4 is 11.9 Å². The zero-order valence-electron chi connectivity index (χ0n) is 12.8. The summed E-state index contributed by atoms with van der Waals surface area (Å²) in [7, 11) is 0. The number of aromatic hydroxyl groups is 1. The Hall–Kier alpha value is -2.04. The van der Waals surface area contributed by atoms with Crippen LogP contribution in [0.5, 0.6) is 5.75 Å². The van der Waals surface area contributed by atoms with Crippen LogP contribution in [0.4, 0.5) is 0 Å². The maximum absolute atomic E-state index is 12.0. The van der Waals surface area contributed by atoms with Crippen molar-refractivity contribution in [3.8, 4) is 5.75 Å². The number of hydrogen-bond acceptors (Lipinski definition) is 3. The second-order valence-electron chi connectivity index (χ2n) is 6.08. The number of carbonyl (C=O) groups is 2. The summed E-state index contributed by atoms with van der Waals surface area (Å²) in [6.45, 7) is 6.25. The topological polar surface area (TPSA) is 86.6 Å². The highest BCUT2D eigenvalue weighted by Gasteiger charge is 2.19. The third kappa shape index (κ3) is 5.85. The number of benzene rings is 1. The Labute approximate surface area is 125 Å². The highest BCUT2D eigenvalue weighted by Crippen LogP contribution is 2.26. The molecule has 1 aromatic carbocycles. The Morgan fingerprint density at radius 3 is 2.52 bits per heavy atom. The predicted octanol–water partition coefficient (Wildman–Crippen LogP) is 2.71. The van der Waals surface area contributed by atoms with E-state index < -0.39 is 5.97 Å². The monoisotopic (exact) mass is 293 g/mol. The van der Waals surface area contributed by atoms with Crippen LogP contribution in [0.3, 0.4) is 0 Å². The van der Waals surface area contributed by atoms with Crippen molar-refractivity contribution in [1.82, 2.24) is 5.32 Å². The predicted molar refractivity (Wildman–Crippen MR) is 80.4 cm³/mol. The molecule has 1 amide bonds. The first-order valence-electron chi connectivity index (χ1n) is 7.01. The van der Waals surface area contributed by atoms with Crippen LogP contribution in [-0.4, -0.2) is 28.6 Å². The first kappa shape index (κ1) is 17.0. The second-order valence-corrected chi connectivity index (χ2v) is 6.08. The van der Waals surface area contributed by atoms with E-state index in [2.05, 4.69) is 5.32 Å². The highest BCUT2D eigenvalue weighted by molar-refractivity contribution is 5.96. The Bertz CT molecular complexity index is 523. The number of carboxylic acids is 1. The standard InChI is InChI=1S/C16H23NO4/c1-11-4-5-13(18)12(10-11)15(21)17-9-8-16(2,3)7-6-14(19)20/h4-5,10,18H,6-9H2,1-3H3,(H,17,21)(H,19,20). The van der Waals surface area contributed by atoms with Gasteiger partial charge in [0.25, 0.3) is 5.91 Å². The second kappa shape index (κ2) is 7.11. The molecule has 0 fully saturated rings. The maximum atomic E-state index is 12.0. The van der Waals surface area contributed by atoms with Crippen molar-refractivity contribution in [2.75, 3.05) is 6.54 Å². The number of carbonyl (C=O) groups excluding carboxylic acids is 1. The van der Waals surface area contributed by atoms with Gasteiger partial charge in [-0.3, -0.25) is 9.59 Å². The van der Waals surface area contributed by atoms with Crippen molar-refractivity contribution in [3.63, 3.8) is 0 Å². The number of amides is 1. The van der Waals surface area contributed by atoms with Gasteiger partial charge in [0.1, 0.15) is 5.75 Å². The van der Waals surface area contributed by atoms with Crippen LogP contribution in [-0.2, 0) is 4.79 Å². The number of phenolic OH excluding ortho intramolecular Hbond substituents is 1. The largest absolute Gasteiger partial charge is 0.507 e. The lowest BCUT2D eigenvalue weighted by Gasteiger charge is -2.23. The van der Waals surface area contributed by atoms with Gasteiger partial charge in [-0.15, -0.1) is 0 Å². The van der Waals surface area contributed by atoms with E-state index in [1.807, 2.05) is 20.8 Å². The molecule has 0 aliphatic carbocycles. The average Bonchev–Trinajstić information content (AvgIpc) is 2.39. The van der Waals surface area contributed by atoms with Gasteiger partial charge in [0, 0.05) is 13.0 Å². The van der Waals surface area contributed by atoms with Gasteiger partial charge < -0.3 is 15.5 Å². The average molecular weight is 293 g/mol. The Morgan fingerprint density at radius 2 is 1.90 bits per heavy atom. The zero-order chi connectivity index (χ0) is 16.0. The van der Waals surface area contributed by atoms with Gasteiger partial charge in [0.2, 0.25) is 0 Å². The Kier molecular flexibility index (Phi) is 5.76. The summed E-state index contributed by atoms with van der Waals surface area (Å²) in [4.78, 5) is 22.6. The van der Waals surface area contributed by atoms with Crippen molar-refractivity contribution in [2.24, 2.45) is 5.41 Å². The SMILES string of the molecule is Cc1ccc(O)c(C(=O)NCCC(C)(C)CCC(=O)O)c1. The van der Waals surface area contributed by atoms with Gasteiger partial charge in [0.05, 0.1) is 5.56 Å². The van der Waals surface area contributed by atoms with Gasteiger partial charge in [0.15, 0.2) is 0 Å². The van der Waals surface area contributed by atoms with E-state index in [9.17, 15) is 14.7 Å². The minimum absolute atomic E-state index is 0.0387. The van der Waals surface area contributed by atoms with Gasteiger partial charge in [-0.25, -0.2) is 0 Å². The van der Waals surface area contributed by atoms with Crippen molar-refractivity contribution in [3.05, 3.63) is 29.3 Å². The number of carboxylic acid groups (broad SMARTS) is 1. The lowest BCUT2D eigenvalue weighted by Crippen LogP contribution is -2.28.